The number of rotatable bonds is 7. The predicted octanol–water partition coefficient (Wildman–Crippen LogP) is 2.77. The number of carbonyl (C=O) groups excluding carboxylic acids is 1. The second kappa shape index (κ2) is 7.85. The second-order valence-electron chi connectivity index (χ2n) is 5.55. The van der Waals surface area contributed by atoms with Gasteiger partial charge in [-0.2, -0.15) is 0 Å². The highest BCUT2D eigenvalue weighted by molar-refractivity contribution is 7.99. The first kappa shape index (κ1) is 17.0. The number of hydrogen-bond acceptors (Lipinski definition) is 5. The number of amides is 1. The highest BCUT2D eigenvalue weighted by Gasteiger charge is 2.15. The molecule has 0 saturated carbocycles. The van der Waals surface area contributed by atoms with Gasteiger partial charge in [0.1, 0.15) is 0 Å². The van der Waals surface area contributed by atoms with Crippen LogP contribution in [-0.4, -0.2) is 26.4 Å². The fourth-order valence-corrected chi connectivity index (χ4v) is 3.13. The van der Waals surface area contributed by atoms with Crippen molar-refractivity contribution in [2.75, 3.05) is 11.1 Å². The molecule has 0 aliphatic heterocycles. The van der Waals surface area contributed by atoms with E-state index >= 15 is 0 Å². The number of primary amides is 1. The molecule has 3 rings (SSSR count). The lowest BCUT2D eigenvalue weighted by Crippen LogP contribution is -2.14. The molecule has 25 heavy (non-hydrogen) atoms. The topological polar surface area (TPSA) is 85.8 Å². The Morgan fingerprint density at radius 1 is 1.16 bits per heavy atom. The first-order valence-corrected chi connectivity index (χ1v) is 8.83. The molecule has 3 N–H and O–H groups in total. The molecule has 0 atom stereocenters. The number of carbonyl (C=O) groups is 1. The normalized spacial score (nSPS) is 10.6. The molecule has 1 heterocycles. The highest BCUT2D eigenvalue weighted by atomic mass is 32.2. The lowest BCUT2D eigenvalue weighted by Gasteiger charge is -2.11. The third-order valence-electron chi connectivity index (χ3n) is 3.53. The van der Waals surface area contributed by atoms with Gasteiger partial charge in [-0.05, 0) is 36.8 Å². The van der Waals surface area contributed by atoms with E-state index in [9.17, 15) is 4.79 Å². The molecular formula is C18H19N5OS. The van der Waals surface area contributed by atoms with Crippen LogP contribution >= 0.6 is 11.8 Å². The summed E-state index contributed by atoms with van der Waals surface area (Å²) in [5.74, 6) is 0.544. The zero-order chi connectivity index (χ0) is 17.6. The number of benzene rings is 2. The van der Waals surface area contributed by atoms with Gasteiger partial charge in [-0.25, -0.2) is 0 Å². The van der Waals surface area contributed by atoms with E-state index in [0.717, 1.165) is 17.2 Å². The molecule has 128 valence electrons. The molecule has 0 aliphatic rings. The molecule has 1 aromatic heterocycles. The van der Waals surface area contributed by atoms with Crippen molar-refractivity contribution in [1.29, 1.82) is 0 Å². The lowest BCUT2D eigenvalue weighted by molar-refractivity contribution is -0.115. The average molecular weight is 353 g/mol. The average Bonchev–Trinajstić information content (AvgIpc) is 3.02. The second-order valence-corrected chi connectivity index (χ2v) is 6.49. The minimum atomic E-state index is -0.382. The van der Waals surface area contributed by atoms with Gasteiger partial charge in [0.15, 0.2) is 11.0 Å². The molecule has 6 nitrogen and oxygen atoms in total. The number of nitrogens with zero attached hydrogens (tertiary/aromatic N) is 3. The van der Waals surface area contributed by atoms with Crippen LogP contribution in [0.1, 0.15) is 11.4 Å². The number of nitrogens with one attached hydrogen (secondary N) is 1. The summed E-state index contributed by atoms with van der Waals surface area (Å²) in [5, 5.41) is 12.5. The predicted molar refractivity (Wildman–Crippen MR) is 99.8 cm³/mol. The van der Waals surface area contributed by atoms with Crippen LogP contribution in [-0.2, 0) is 11.3 Å². The number of aryl methyl sites for hydroxylation is 1. The van der Waals surface area contributed by atoms with Crippen LogP contribution < -0.4 is 11.1 Å². The van der Waals surface area contributed by atoms with E-state index in [1.54, 1.807) is 0 Å². The van der Waals surface area contributed by atoms with E-state index in [-0.39, 0.29) is 11.7 Å². The molecule has 0 radical (unpaired) electrons. The Kier molecular flexibility index (Phi) is 5.35. The van der Waals surface area contributed by atoms with Crippen LogP contribution in [0.15, 0.2) is 59.8 Å². The summed E-state index contributed by atoms with van der Waals surface area (Å²) in [7, 11) is 0. The summed E-state index contributed by atoms with van der Waals surface area (Å²) in [4.78, 5) is 11.1. The van der Waals surface area contributed by atoms with Crippen LogP contribution in [0, 0.1) is 6.92 Å². The zero-order valence-corrected chi connectivity index (χ0v) is 14.7. The number of anilines is 1. The number of nitrogens with two attached hydrogens (primary N) is 1. The van der Waals surface area contributed by atoms with Crippen molar-refractivity contribution in [2.45, 2.75) is 18.6 Å². The fraction of sp³-hybridized carbons (Fsp3) is 0.167. The number of para-hydroxylation sites is 1. The van der Waals surface area contributed by atoms with Crippen molar-refractivity contribution in [3.8, 4) is 5.69 Å². The Bertz CT molecular complexity index is 863. The van der Waals surface area contributed by atoms with Crippen molar-refractivity contribution in [3.05, 3.63) is 66.0 Å². The molecule has 3 aromatic rings. The van der Waals surface area contributed by atoms with E-state index in [4.69, 9.17) is 5.73 Å². The first-order valence-electron chi connectivity index (χ1n) is 7.85. The molecule has 1 amide bonds. The number of hydrogen-bond donors (Lipinski definition) is 2. The van der Waals surface area contributed by atoms with Gasteiger partial charge in [0, 0.05) is 11.4 Å². The van der Waals surface area contributed by atoms with E-state index in [2.05, 4.69) is 34.6 Å². The lowest BCUT2D eigenvalue weighted by atomic mass is 10.2. The van der Waals surface area contributed by atoms with Crippen LogP contribution in [0.25, 0.3) is 5.69 Å². The standard InChI is InChI=1S/C18H19N5OS/c1-13-6-5-7-14(10-13)20-11-17-21-22-18(25-12-16(19)24)23(17)15-8-3-2-4-9-15/h2-10,20H,11-12H2,1H3,(H2,19,24). The fourth-order valence-electron chi connectivity index (χ4n) is 2.42. The summed E-state index contributed by atoms with van der Waals surface area (Å²) in [6.07, 6.45) is 0. The van der Waals surface area contributed by atoms with E-state index in [1.165, 1.54) is 17.3 Å². The van der Waals surface area contributed by atoms with E-state index < -0.39 is 0 Å². The van der Waals surface area contributed by atoms with Gasteiger partial charge in [0.05, 0.1) is 12.3 Å². The minimum absolute atomic E-state index is 0.163. The maximum absolute atomic E-state index is 11.1. The van der Waals surface area contributed by atoms with Gasteiger partial charge in [-0.3, -0.25) is 9.36 Å². The van der Waals surface area contributed by atoms with Crippen molar-refractivity contribution < 1.29 is 4.79 Å². The largest absolute Gasteiger partial charge is 0.378 e. The molecule has 0 unspecified atom stereocenters. The molecule has 0 bridgehead atoms. The number of aromatic nitrogens is 3. The third-order valence-corrected chi connectivity index (χ3v) is 4.48. The maximum atomic E-state index is 11.1. The van der Waals surface area contributed by atoms with Gasteiger partial charge in [0.2, 0.25) is 5.91 Å². The van der Waals surface area contributed by atoms with Crippen molar-refractivity contribution >= 4 is 23.4 Å². The zero-order valence-electron chi connectivity index (χ0n) is 13.8. The van der Waals surface area contributed by atoms with Crippen LogP contribution in [0.5, 0.6) is 0 Å². The van der Waals surface area contributed by atoms with Crippen LogP contribution in [0.3, 0.4) is 0 Å². The third kappa shape index (κ3) is 4.39. The molecule has 0 fully saturated rings. The molecule has 7 heteroatoms. The Morgan fingerprint density at radius 2 is 1.96 bits per heavy atom. The Morgan fingerprint density at radius 3 is 2.68 bits per heavy atom. The highest BCUT2D eigenvalue weighted by Crippen LogP contribution is 2.22. The summed E-state index contributed by atoms with van der Waals surface area (Å²) in [6, 6.07) is 18.0. The Labute approximate surface area is 150 Å². The Hall–Kier alpha value is -2.80. The molecule has 0 spiro atoms. The molecule has 2 aromatic carbocycles. The summed E-state index contributed by atoms with van der Waals surface area (Å²) in [5.41, 5.74) is 8.41. The number of thioether (sulfide) groups is 1. The SMILES string of the molecule is Cc1cccc(NCc2nnc(SCC(N)=O)n2-c2ccccc2)c1. The van der Waals surface area contributed by atoms with E-state index in [0.29, 0.717) is 11.7 Å². The first-order chi connectivity index (χ1) is 12.1. The van der Waals surface area contributed by atoms with Gasteiger partial charge in [0.25, 0.3) is 0 Å². The van der Waals surface area contributed by atoms with Crippen molar-refractivity contribution in [2.24, 2.45) is 5.73 Å². The smallest absolute Gasteiger partial charge is 0.227 e. The van der Waals surface area contributed by atoms with Crippen LogP contribution in [0.2, 0.25) is 0 Å². The van der Waals surface area contributed by atoms with Gasteiger partial charge in [-0.15, -0.1) is 10.2 Å². The van der Waals surface area contributed by atoms with Gasteiger partial charge < -0.3 is 11.1 Å². The summed E-state index contributed by atoms with van der Waals surface area (Å²) in [6.45, 7) is 2.57. The van der Waals surface area contributed by atoms with Crippen LogP contribution in [0.4, 0.5) is 5.69 Å². The van der Waals surface area contributed by atoms with Gasteiger partial charge >= 0.3 is 0 Å². The van der Waals surface area contributed by atoms with Crippen molar-refractivity contribution in [1.82, 2.24) is 14.8 Å². The summed E-state index contributed by atoms with van der Waals surface area (Å²) >= 11 is 1.28. The van der Waals surface area contributed by atoms with E-state index in [1.807, 2.05) is 47.0 Å². The monoisotopic (exact) mass is 353 g/mol. The molecule has 0 aliphatic carbocycles. The maximum Gasteiger partial charge on any atom is 0.227 e. The van der Waals surface area contributed by atoms with Gasteiger partial charge in [-0.1, -0.05) is 42.1 Å². The Balaban J connectivity index is 1.86. The minimum Gasteiger partial charge on any atom is -0.378 e. The quantitative estimate of drug-likeness (QED) is 0.638. The molecule has 0 saturated heterocycles. The molecular weight excluding hydrogens is 334 g/mol. The summed E-state index contributed by atoms with van der Waals surface area (Å²) < 4.78 is 1.94. The van der Waals surface area contributed by atoms with Crippen molar-refractivity contribution in [3.63, 3.8) is 0 Å².